The maximum Gasteiger partial charge on any atom is 0.0466 e. The van der Waals surface area contributed by atoms with Gasteiger partial charge < -0.3 is 4.74 Å². The third kappa shape index (κ3) is 17.1. The Bertz CT molecular complexity index is 206. The summed E-state index contributed by atoms with van der Waals surface area (Å²) in [6.07, 6.45) is 22.1. The zero-order chi connectivity index (χ0) is 18.6. The van der Waals surface area contributed by atoms with Gasteiger partial charge in [-0.15, -0.1) is 0 Å². The van der Waals surface area contributed by atoms with E-state index in [2.05, 4.69) is 27.7 Å². The van der Waals surface area contributed by atoms with Gasteiger partial charge in [-0.3, -0.25) is 0 Å². The Kier molecular flexibility index (Phi) is 20.2. The van der Waals surface area contributed by atoms with Gasteiger partial charge in [-0.2, -0.15) is 0 Å². The summed E-state index contributed by atoms with van der Waals surface area (Å²) < 4.78 is 5.79. The maximum atomic E-state index is 5.79. The summed E-state index contributed by atoms with van der Waals surface area (Å²) in [7, 11) is 0. The topological polar surface area (TPSA) is 9.23 Å². The van der Waals surface area contributed by atoms with Crippen LogP contribution in [0.2, 0.25) is 0 Å². The average Bonchev–Trinajstić information content (AvgIpc) is 2.64. The molecule has 0 rings (SSSR count). The second-order valence-electron chi connectivity index (χ2n) is 8.09. The molecular weight excluding hydrogens is 304 g/mol. The van der Waals surface area contributed by atoms with Gasteiger partial charge in [-0.25, -0.2) is 0 Å². The van der Waals surface area contributed by atoms with Crippen LogP contribution in [0.5, 0.6) is 0 Å². The van der Waals surface area contributed by atoms with Crippen LogP contribution in [0.3, 0.4) is 0 Å². The molecular formula is C24H50O. The lowest BCUT2D eigenvalue weighted by molar-refractivity contribution is 0.125. The second-order valence-corrected chi connectivity index (χ2v) is 8.09. The first-order valence-corrected chi connectivity index (χ1v) is 11.9. The first kappa shape index (κ1) is 25.0. The zero-order valence-corrected chi connectivity index (χ0v) is 18.3. The summed E-state index contributed by atoms with van der Waals surface area (Å²) in [5, 5.41) is 0. The van der Waals surface area contributed by atoms with Crippen LogP contribution in [0.1, 0.15) is 130 Å². The van der Waals surface area contributed by atoms with Crippen LogP contribution in [0.25, 0.3) is 0 Å². The molecule has 0 atom stereocenters. The minimum Gasteiger partial charge on any atom is -0.381 e. The van der Waals surface area contributed by atoms with Crippen molar-refractivity contribution in [2.24, 2.45) is 11.8 Å². The number of unbranched alkanes of at least 4 members (excludes halogenated alkanes) is 8. The molecule has 0 aliphatic rings. The number of hydrogen-bond acceptors (Lipinski definition) is 1. The average molecular weight is 355 g/mol. The molecule has 0 unspecified atom stereocenters. The molecule has 0 fully saturated rings. The highest BCUT2D eigenvalue weighted by atomic mass is 16.5. The van der Waals surface area contributed by atoms with Gasteiger partial charge in [0.05, 0.1) is 0 Å². The highest BCUT2D eigenvalue weighted by Gasteiger charge is 2.03. The Balaban J connectivity index is 3.12. The van der Waals surface area contributed by atoms with Gasteiger partial charge in [0.25, 0.3) is 0 Å². The van der Waals surface area contributed by atoms with Crippen molar-refractivity contribution in [3.8, 4) is 0 Å². The van der Waals surface area contributed by atoms with Crippen molar-refractivity contribution in [2.75, 3.05) is 13.2 Å². The Hall–Kier alpha value is -0.0400. The molecule has 0 aromatic rings. The fourth-order valence-electron chi connectivity index (χ4n) is 3.83. The van der Waals surface area contributed by atoms with Gasteiger partial charge in [-0.1, -0.05) is 118 Å². The van der Waals surface area contributed by atoms with Crippen LogP contribution in [0.4, 0.5) is 0 Å². The predicted octanol–water partition coefficient (Wildman–Crippen LogP) is 8.56. The van der Waals surface area contributed by atoms with Crippen LogP contribution < -0.4 is 0 Å². The monoisotopic (exact) mass is 354 g/mol. The van der Waals surface area contributed by atoms with Gasteiger partial charge >= 0.3 is 0 Å². The maximum absolute atomic E-state index is 5.79. The van der Waals surface area contributed by atoms with E-state index in [0.29, 0.717) is 0 Å². The van der Waals surface area contributed by atoms with Gasteiger partial charge in [0.15, 0.2) is 0 Å². The van der Waals surface area contributed by atoms with E-state index in [1.54, 1.807) is 0 Å². The molecule has 0 N–H and O–H groups in total. The van der Waals surface area contributed by atoms with Crippen LogP contribution in [-0.4, -0.2) is 13.2 Å². The smallest absolute Gasteiger partial charge is 0.0466 e. The lowest BCUT2D eigenvalue weighted by atomic mass is 9.96. The van der Waals surface area contributed by atoms with E-state index in [1.165, 1.54) is 103 Å². The van der Waals surface area contributed by atoms with Crippen molar-refractivity contribution in [3.05, 3.63) is 0 Å². The van der Waals surface area contributed by atoms with Crippen molar-refractivity contribution < 1.29 is 4.74 Å². The molecule has 0 amide bonds. The van der Waals surface area contributed by atoms with Gasteiger partial charge in [0.2, 0.25) is 0 Å². The quantitative estimate of drug-likeness (QED) is 0.199. The molecule has 152 valence electrons. The fourth-order valence-corrected chi connectivity index (χ4v) is 3.83. The lowest BCUT2D eigenvalue weighted by Gasteiger charge is -2.11. The highest BCUT2D eigenvalue weighted by Crippen LogP contribution is 2.18. The molecule has 0 aromatic carbocycles. The van der Waals surface area contributed by atoms with Gasteiger partial charge in [-0.05, 0) is 24.7 Å². The third-order valence-corrected chi connectivity index (χ3v) is 6.11. The molecule has 0 spiro atoms. The molecule has 0 radical (unpaired) electrons. The van der Waals surface area contributed by atoms with Crippen molar-refractivity contribution in [3.63, 3.8) is 0 Å². The minimum atomic E-state index is 0.975. The van der Waals surface area contributed by atoms with Gasteiger partial charge in [0, 0.05) is 13.2 Å². The van der Waals surface area contributed by atoms with E-state index in [4.69, 9.17) is 4.74 Å². The van der Waals surface area contributed by atoms with Crippen molar-refractivity contribution in [1.82, 2.24) is 0 Å². The van der Waals surface area contributed by atoms with Crippen molar-refractivity contribution in [2.45, 2.75) is 130 Å². The van der Waals surface area contributed by atoms with E-state index in [-0.39, 0.29) is 0 Å². The molecule has 0 aliphatic heterocycles. The lowest BCUT2D eigenvalue weighted by Crippen LogP contribution is -1.98. The minimum absolute atomic E-state index is 0.975. The third-order valence-electron chi connectivity index (χ3n) is 6.11. The summed E-state index contributed by atoms with van der Waals surface area (Å²) in [4.78, 5) is 0. The molecule has 0 aromatic heterocycles. The van der Waals surface area contributed by atoms with E-state index in [0.717, 1.165) is 25.0 Å². The SMILES string of the molecule is CCC(CC)CCCCCCCOCCCCCCCC(CC)CC. The summed E-state index contributed by atoms with van der Waals surface area (Å²) in [6.45, 7) is 11.3. The summed E-state index contributed by atoms with van der Waals surface area (Å²) in [5.41, 5.74) is 0. The molecule has 0 aliphatic carbocycles. The number of rotatable bonds is 20. The predicted molar refractivity (Wildman–Crippen MR) is 114 cm³/mol. The molecule has 1 heteroatoms. The molecule has 0 saturated carbocycles. The number of hydrogen-bond donors (Lipinski definition) is 0. The Morgan fingerprint density at radius 1 is 0.440 bits per heavy atom. The molecule has 25 heavy (non-hydrogen) atoms. The first-order chi connectivity index (χ1) is 12.3. The largest absolute Gasteiger partial charge is 0.381 e. The van der Waals surface area contributed by atoms with Crippen molar-refractivity contribution >= 4 is 0 Å². The van der Waals surface area contributed by atoms with E-state index >= 15 is 0 Å². The van der Waals surface area contributed by atoms with E-state index in [9.17, 15) is 0 Å². The standard InChI is InChI=1S/C24H50O/c1-5-23(6-2)19-15-11-9-13-17-21-25-22-18-14-10-12-16-20-24(7-3)8-4/h23-24H,5-22H2,1-4H3. The number of ether oxygens (including phenoxy) is 1. The van der Waals surface area contributed by atoms with Crippen LogP contribution in [0, 0.1) is 11.8 Å². The van der Waals surface area contributed by atoms with Crippen molar-refractivity contribution in [1.29, 1.82) is 0 Å². The van der Waals surface area contributed by atoms with Crippen LogP contribution >= 0.6 is 0 Å². The highest BCUT2D eigenvalue weighted by molar-refractivity contribution is 4.56. The summed E-state index contributed by atoms with van der Waals surface area (Å²) in [5.74, 6) is 1.95. The Morgan fingerprint density at radius 3 is 1.12 bits per heavy atom. The van der Waals surface area contributed by atoms with Gasteiger partial charge in [0.1, 0.15) is 0 Å². The fraction of sp³-hybridized carbons (Fsp3) is 1.00. The van der Waals surface area contributed by atoms with E-state index < -0.39 is 0 Å². The Labute approximate surface area is 160 Å². The zero-order valence-electron chi connectivity index (χ0n) is 18.3. The van der Waals surface area contributed by atoms with E-state index in [1.807, 2.05) is 0 Å². The normalized spacial score (nSPS) is 11.8. The summed E-state index contributed by atoms with van der Waals surface area (Å²) >= 11 is 0. The summed E-state index contributed by atoms with van der Waals surface area (Å²) in [6, 6.07) is 0. The molecule has 1 nitrogen and oxygen atoms in total. The first-order valence-electron chi connectivity index (χ1n) is 11.9. The van der Waals surface area contributed by atoms with Crippen LogP contribution in [0.15, 0.2) is 0 Å². The molecule has 0 heterocycles. The Morgan fingerprint density at radius 2 is 0.760 bits per heavy atom. The molecule has 0 bridgehead atoms. The second kappa shape index (κ2) is 20.3. The van der Waals surface area contributed by atoms with Crippen LogP contribution in [-0.2, 0) is 4.74 Å². The molecule has 0 saturated heterocycles.